The van der Waals surface area contributed by atoms with E-state index in [0.29, 0.717) is 6.42 Å². The predicted octanol–water partition coefficient (Wildman–Crippen LogP) is 5.12. The zero-order valence-corrected chi connectivity index (χ0v) is 14.2. The van der Waals surface area contributed by atoms with E-state index in [-0.39, 0.29) is 11.8 Å². The molecule has 0 bridgehead atoms. The molecular formula is C22H21NO2. The highest BCUT2D eigenvalue weighted by Crippen LogP contribution is 2.26. The summed E-state index contributed by atoms with van der Waals surface area (Å²) in [6.07, 6.45) is 0.380. The highest BCUT2D eigenvalue weighted by atomic mass is 16.5. The molecule has 0 aromatic heterocycles. The molecule has 0 amide bonds. The van der Waals surface area contributed by atoms with Gasteiger partial charge in [0, 0.05) is 23.7 Å². The minimum absolute atomic E-state index is 0.110. The van der Waals surface area contributed by atoms with E-state index in [1.54, 1.807) is 7.11 Å². The van der Waals surface area contributed by atoms with E-state index >= 15 is 0 Å². The third-order valence-corrected chi connectivity index (χ3v) is 4.10. The Balaban J connectivity index is 1.84. The predicted molar refractivity (Wildman–Crippen MR) is 101 cm³/mol. The topological polar surface area (TPSA) is 38.3 Å². The minimum Gasteiger partial charge on any atom is -0.497 e. The van der Waals surface area contributed by atoms with Gasteiger partial charge in [0.05, 0.1) is 13.2 Å². The summed E-state index contributed by atoms with van der Waals surface area (Å²) in [6, 6.07) is 27.1. The van der Waals surface area contributed by atoms with Crippen LogP contribution < -0.4 is 10.1 Å². The molecule has 1 N–H and O–H groups in total. The molecule has 0 radical (unpaired) electrons. The van der Waals surface area contributed by atoms with E-state index in [1.165, 1.54) is 0 Å². The normalized spacial score (nSPS) is 11.6. The highest BCUT2D eigenvalue weighted by Gasteiger charge is 2.17. The number of anilines is 1. The van der Waals surface area contributed by atoms with Crippen LogP contribution in [0.25, 0.3) is 0 Å². The molecule has 0 aliphatic carbocycles. The monoisotopic (exact) mass is 331 g/mol. The SMILES string of the molecule is COc1cccc(NC(CC(=O)c2ccccc2)c2ccccc2)c1. The van der Waals surface area contributed by atoms with Crippen molar-refractivity contribution in [3.63, 3.8) is 0 Å². The van der Waals surface area contributed by atoms with Crippen LogP contribution in [0.4, 0.5) is 5.69 Å². The zero-order valence-electron chi connectivity index (χ0n) is 14.2. The Kier molecular flexibility index (Phi) is 5.47. The fourth-order valence-electron chi connectivity index (χ4n) is 2.78. The van der Waals surface area contributed by atoms with E-state index in [0.717, 1.165) is 22.6 Å². The van der Waals surface area contributed by atoms with Crippen LogP contribution in [0.1, 0.15) is 28.4 Å². The second-order valence-corrected chi connectivity index (χ2v) is 5.83. The van der Waals surface area contributed by atoms with Crippen LogP contribution in [0, 0.1) is 0 Å². The first-order chi connectivity index (χ1) is 12.3. The lowest BCUT2D eigenvalue weighted by Crippen LogP contribution is -2.15. The van der Waals surface area contributed by atoms with Gasteiger partial charge >= 0.3 is 0 Å². The van der Waals surface area contributed by atoms with Gasteiger partial charge < -0.3 is 10.1 Å². The van der Waals surface area contributed by atoms with Gasteiger partial charge in [0.25, 0.3) is 0 Å². The molecule has 3 aromatic carbocycles. The Morgan fingerprint density at radius 2 is 1.60 bits per heavy atom. The quantitative estimate of drug-likeness (QED) is 0.611. The van der Waals surface area contributed by atoms with Crippen molar-refractivity contribution in [1.82, 2.24) is 0 Å². The summed E-state index contributed by atoms with van der Waals surface area (Å²) in [5.41, 5.74) is 2.74. The maximum absolute atomic E-state index is 12.7. The average molecular weight is 331 g/mol. The number of hydrogen-bond donors (Lipinski definition) is 1. The van der Waals surface area contributed by atoms with Crippen molar-refractivity contribution in [2.45, 2.75) is 12.5 Å². The number of hydrogen-bond acceptors (Lipinski definition) is 3. The van der Waals surface area contributed by atoms with Gasteiger partial charge in [-0.1, -0.05) is 66.7 Å². The molecule has 3 rings (SSSR count). The van der Waals surface area contributed by atoms with Crippen molar-refractivity contribution >= 4 is 11.5 Å². The van der Waals surface area contributed by atoms with Crippen LogP contribution >= 0.6 is 0 Å². The van der Waals surface area contributed by atoms with Crippen molar-refractivity contribution in [1.29, 1.82) is 0 Å². The summed E-state index contributed by atoms with van der Waals surface area (Å²) in [5.74, 6) is 0.899. The maximum Gasteiger partial charge on any atom is 0.165 e. The standard InChI is InChI=1S/C22H21NO2/c1-25-20-14-8-13-19(15-20)23-21(17-9-4-2-5-10-17)16-22(24)18-11-6-3-7-12-18/h2-15,21,23H,16H2,1H3. The van der Waals surface area contributed by atoms with Gasteiger partial charge in [-0.3, -0.25) is 4.79 Å². The summed E-state index contributed by atoms with van der Waals surface area (Å²) in [6.45, 7) is 0. The van der Waals surface area contributed by atoms with E-state index < -0.39 is 0 Å². The van der Waals surface area contributed by atoms with Gasteiger partial charge in [-0.25, -0.2) is 0 Å². The maximum atomic E-state index is 12.7. The molecular weight excluding hydrogens is 310 g/mol. The molecule has 3 aromatic rings. The molecule has 1 atom stereocenters. The molecule has 0 saturated carbocycles. The third kappa shape index (κ3) is 4.48. The van der Waals surface area contributed by atoms with E-state index in [9.17, 15) is 4.79 Å². The first-order valence-electron chi connectivity index (χ1n) is 8.30. The van der Waals surface area contributed by atoms with E-state index in [2.05, 4.69) is 5.32 Å². The van der Waals surface area contributed by atoms with Crippen LogP contribution in [-0.4, -0.2) is 12.9 Å². The smallest absolute Gasteiger partial charge is 0.165 e. The van der Waals surface area contributed by atoms with Crippen molar-refractivity contribution < 1.29 is 9.53 Å². The first kappa shape index (κ1) is 16.8. The lowest BCUT2D eigenvalue weighted by atomic mass is 9.97. The van der Waals surface area contributed by atoms with Gasteiger partial charge in [0.2, 0.25) is 0 Å². The number of ketones is 1. The molecule has 0 aliphatic rings. The number of carbonyl (C=O) groups excluding carboxylic acids is 1. The third-order valence-electron chi connectivity index (χ3n) is 4.10. The fourth-order valence-corrected chi connectivity index (χ4v) is 2.78. The molecule has 0 saturated heterocycles. The van der Waals surface area contributed by atoms with Crippen molar-refractivity contribution in [2.75, 3.05) is 12.4 Å². The van der Waals surface area contributed by atoms with Gasteiger partial charge in [0.1, 0.15) is 5.75 Å². The van der Waals surface area contributed by atoms with Crippen molar-refractivity contribution in [3.05, 3.63) is 96.1 Å². The average Bonchev–Trinajstić information content (AvgIpc) is 2.69. The lowest BCUT2D eigenvalue weighted by molar-refractivity contribution is 0.0976. The second kappa shape index (κ2) is 8.15. The lowest BCUT2D eigenvalue weighted by Gasteiger charge is -2.20. The highest BCUT2D eigenvalue weighted by molar-refractivity contribution is 5.96. The van der Waals surface area contributed by atoms with E-state index in [4.69, 9.17) is 4.74 Å². The Morgan fingerprint density at radius 3 is 2.28 bits per heavy atom. The summed E-state index contributed by atoms with van der Waals surface area (Å²) in [4.78, 5) is 12.7. The fraction of sp³-hybridized carbons (Fsp3) is 0.136. The van der Waals surface area contributed by atoms with Gasteiger partial charge in [-0.15, -0.1) is 0 Å². The van der Waals surface area contributed by atoms with Crippen molar-refractivity contribution in [2.24, 2.45) is 0 Å². The molecule has 3 heteroatoms. The van der Waals surface area contributed by atoms with Crippen LogP contribution in [0.3, 0.4) is 0 Å². The molecule has 3 nitrogen and oxygen atoms in total. The minimum atomic E-state index is -0.110. The largest absolute Gasteiger partial charge is 0.497 e. The van der Waals surface area contributed by atoms with Crippen molar-refractivity contribution in [3.8, 4) is 5.75 Å². The Morgan fingerprint density at radius 1 is 0.920 bits per heavy atom. The molecule has 0 heterocycles. The molecule has 25 heavy (non-hydrogen) atoms. The van der Waals surface area contributed by atoms with Crippen LogP contribution in [-0.2, 0) is 0 Å². The summed E-state index contributed by atoms with van der Waals surface area (Å²) in [7, 11) is 1.65. The Bertz CT molecular complexity index is 816. The van der Waals surface area contributed by atoms with Crippen LogP contribution in [0.2, 0.25) is 0 Å². The first-order valence-corrected chi connectivity index (χ1v) is 8.30. The van der Waals surface area contributed by atoms with Gasteiger partial charge in [0.15, 0.2) is 5.78 Å². The second-order valence-electron chi connectivity index (χ2n) is 5.83. The van der Waals surface area contributed by atoms with Gasteiger partial charge in [-0.05, 0) is 17.7 Å². The number of benzene rings is 3. The number of rotatable bonds is 7. The molecule has 0 spiro atoms. The summed E-state index contributed by atoms with van der Waals surface area (Å²) >= 11 is 0. The molecule has 0 fully saturated rings. The number of Topliss-reactive ketones (excluding diaryl/α,β-unsaturated/α-hetero) is 1. The number of methoxy groups -OCH3 is 1. The number of nitrogens with one attached hydrogen (secondary N) is 1. The summed E-state index contributed by atoms with van der Waals surface area (Å²) < 4.78 is 5.29. The molecule has 126 valence electrons. The number of ether oxygens (including phenoxy) is 1. The number of carbonyl (C=O) groups is 1. The van der Waals surface area contributed by atoms with Gasteiger partial charge in [-0.2, -0.15) is 0 Å². The van der Waals surface area contributed by atoms with E-state index in [1.807, 2.05) is 84.9 Å². The zero-order chi connectivity index (χ0) is 17.5. The Labute approximate surface area is 148 Å². The Hall–Kier alpha value is -3.07. The molecule has 0 aliphatic heterocycles. The summed E-state index contributed by atoms with van der Waals surface area (Å²) in [5, 5.41) is 3.47. The van der Waals surface area contributed by atoms with Crippen LogP contribution in [0.15, 0.2) is 84.9 Å². The van der Waals surface area contributed by atoms with Crippen LogP contribution in [0.5, 0.6) is 5.75 Å². The molecule has 1 unspecified atom stereocenters.